The number of para-hydroxylation sites is 4. The molecule has 0 saturated heterocycles. The van der Waals surface area contributed by atoms with E-state index < -0.39 is 13.5 Å². The summed E-state index contributed by atoms with van der Waals surface area (Å²) in [7, 11) is -2.09. The van der Waals surface area contributed by atoms with Crippen molar-refractivity contribution in [1.82, 2.24) is 9.55 Å². The average molecular weight is 667 g/mol. The van der Waals surface area contributed by atoms with Crippen molar-refractivity contribution in [1.29, 1.82) is 0 Å². The first-order valence-electron chi connectivity index (χ1n) is 17.9. The Hall–Kier alpha value is -6.03. The first-order chi connectivity index (χ1) is 25.1. The molecule has 11 rings (SSSR count). The lowest BCUT2D eigenvalue weighted by Gasteiger charge is -2.49. The van der Waals surface area contributed by atoms with Gasteiger partial charge in [0.25, 0.3) is 0 Å². The molecular formula is C48H34N2Si. The van der Waals surface area contributed by atoms with Crippen molar-refractivity contribution in [2.75, 3.05) is 0 Å². The monoisotopic (exact) mass is 666 g/mol. The van der Waals surface area contributed by atoms with Crippen LogP contribution in [0.15, 0.2) is 170 Å². The van der Waals surface area contributed by atoms with E-state index in [9.17, 15) is 0 Å². The van der Waals surface area contributed by atoms with Crippen LogP contribution >= 0.6 is 0 Å². The van der Waals surface area contributed by atoms with Crippen LogP contribution in [0.4, 0.5) is 0 Å². The summed E-state index contributed by atoms with van der Waals surface area (Å²) in [5, 5.41) is 6.81. The Bertz CT molecular complexity index is 2890. The molecule has 0 aliphatic carbocycles. The first-order valence-corrected chi connectivity index (χ1v) is 20.9. The van der Waals surface area contributed by atoms with Crippen LogP contribution in [0.3, 0.4) is 0 Å². The SMILES string of the molecule is C[Si]1(C)c2ccccc2C2(c3ccccc3-n3c4ccccc4c4cccc2c43)c2cc(-c3ccc(-c4cccc5cccnc45)cc3)ccc21. The summed E-state index contributed by atoms with van der Waals surface area (Å²) in [4.78, 5) is 4.73. The third kappa shape index (κ3) is 3.68. The number of hydrogen-bond acceptors (Lipinski definition) is 1. The summed E-state index contributed by atoms with van der Waals surface area (Å²) in [6.07, 6.45) is 1.88. The van der Waals surface area contributed by atoms with Crippen LogP contribution in [0.25, 0.3) is 60.6 Å². The van der Waals surface area contributed by atoms with Crippen molar-refractivity contribution in [2.45, 2.75) is 18.5 Å². The smallest absolute Gasteiger partial charge is 0.113 e. The number of benzene rings is 7. The van der Waals surface area contributed by atoms with Crippen molar-refractivity contribution in [3.63, 3.8) is 0 Å². The molecule has 2 nitrogen and oxygen atoms in total. The third-order valence-electron chi connectivity index (χ3n) is 11.9. The van der Waals surface area contributed by atoms with Gasteiger partial charge in [-0.2, -0.15) is 0 Å². The maximum absolute atomic E-state index is 4.73. The molecule has 51 heavy (non-hydrogen) atoms. The van der Waals surface area contributed by atoms with Gasteiger partial charge in [-0.3, -0.25) is 4.98 Å². The van der Waals surface area contributed by atoms with Crippen LogP contribution in [0, 0.1) is 0 Å². The van der Waals surface area contributed by atoms with E-state index in [2.05, 4.69) is 175 Å². The highest BCUT2D eigenvalue weighted by atomic mass is 28.3. The molecule has 3 heteroatoms. The second-order valence-electron chi connectivity index (χ2n) is 14.7. The fraction of sp³-hybridized carbons (Fsp3) is 0.0625. The maximum Gasteiger partial charge on any atom is 0.113 e. The van der Waals surface area contributed by atoms with Gasteiger partial charge in [-0.05, 0) is 73.6 Å². The van der Waals surface area contributed by atoms with Gasteiger partial charge in [0.15, 0.2) is 0 Å². The highest BCUT2D eigenvalue weighted by Crippen LogP contribution is 2.55. The quantitative estimate of drug-likeness (QED) is 0.168. The van der Waals surface area contributed by atoms with Gasteiger partial charge in [0.05, 0.1) is 27.7 Å². The zero-order chi connectivity index (χ0) is 33.9. The molecule has 0 radical (unpaired) electrons. The van der Waals surface area contributed by atoms with Crippen molar-refractivity contribution >= 4 is 51.2 Å². The van der Waals surface area contributed by atoms with Crippen LogP contribution in [0.1, 0.15) is 22.3 Å². The second kappa shape index (κ2) is 10.3. The Kier molecular flexibility index (Phi) is 5.79. The van der Waals surface area contributed by atoms with Crippen LogP contribution < -0.4 is 10.4 Å². The summed E-state index contributed by atoms with van der Waals surface area (Å²) in [6, 6.07) is 61.5. The van der Waals surface area contributed by atoms with Crippen LogP contribution in [0.2, 0.25) is 13.1 Å². The molecule has 7 aromatic carbocycles. The predicted octanol–water partition coefficient (Wildman–Crippen LogP) is 10.5. The van der Waals surface area contributed by atoms with E-state index in [0.717, 1.165) is 16.5 Å². The van der Waals surface area contributed by atoms with Gasteiger partial charge in [0, 0.05) is 27.9 Å². The zero-order valence-electron chi connectivity index (χ0n) is 28.6. The minimum absolute atomic E-state index is 0.473. The van der Waals surface area contributed by atoms with E-state index in [1.54, 1.807) is 0 Å². The lowest BCUT2D eigenvalue weighted by molar-refractivity contribution is 0.732. The van der Waals surface area contributed by atoms with Gasteiger partial charge < -0.3 is 4.57 Å². The highest BCUT2D eigenvalue weighted by molar-refractivity contribution is 7.01. The molecule has 0 N–H and O–H groups in total. The zero-order valence-corrected chi connectivity index (χ0v) is 29.6. The van der Waals surface area contributed by atoms with Gasteiger partial charge in [-0.1, -0.05) is 153 Å². The number of fused-ring (bicyclic) bond motifs is 12. The molecule has 1 atom stereocenters. The number of hydrogen-bond donors (Lipinski definition) is 0. The summed E-state index contributed by atoms with van der Waals surface area (Å²) in [5.41, 5.74) is 14.8. The Morgan fingerprint density at radius 3 is 2.08 bits per heavy atom. The molecule has 0 saturated carbocycles. The van der Waals surface area contributed by atoms with E-state index in [-0.39, 0.29) is 0 Å². The molecule has 240 valence electrons. The lowest BCUT2D eigenvalue weighted by atomic mass is 9.62. The number of nitrogens with zero attached hydrogens (tertiary/aromatic N) is 2. The normalized spacial score (nSPS) is 16.7. The second-order valence-corrected chi connectivity index (χ2v) is 19.0. The molecular weight excluding hydrogens is 633 g/mol. The lowest BCUT2D eigenvalue weighted by Crippen LogP contribution is -2.63. The minimum Gasteiger partial charge on any atom is -0.309 e. The fourth-order valence-corrected chi connectivity index (χ4v) is 12.9. The Morgan fingerprint density at radius 1 is 0.510 bits per heavy atom. The van der Waals surface area contributed by atoms with Crippen LogP contribution in [-0.4, -0.2) is 17.6 Å². The van der Waals surface area contributed by atoms with E-state index in [4.69, 9.17) is 4.98 Å². The molecule has 2 aliphatic rings. The summed E-state index contributed by atoms with van der Waals surface area (Å²) in [5.74, 6) is 0. The van der Waals surface area contributed by atoms with E-state index >= 15 is 0 Å². The highest BCUT2D eigenvalue weighted by Gasteiger charge is 2.53. The fourth-order valence-electron chi connectivity index (χ4n) is 9.69. The first kappa shape index (κ1) is 28.8. The molecule has 0 amide bonds. The van der Waals surface area contributed by atoms with Crippen molar-refractivity contribution in [3.05, 3.63) is 192 Å². The van der Waals surface area contributed by atoms with Gasteiger partial charge in [-0.15, -0.1) is 0 Å². The molecule has 2 aromatic heterocycles. The Labute approximate surface area is 298 Å². The summed E-state index contributed by atoms with van der Waals surface area (Å²) in [6.45, 7) is 5.08. The molecule has 1 unspecified atom stereocenters. The predicted molar refractivity (Wildman–Crippen MR) is 216 cm³/mol. The molecule has 2 aliphatic heterocycles. The van der Waals surface area contributed by atoms with Crippen LogP contribution in [-0.2, 0) is 5.41 Å². The van der Waals surface area contributed by atoms with Gasteiger partial charge >= 0.3 is 0 Å². The van der Waals surface area contributed by atoms with Crippen molar-refractivity contribution in [3.8, 4) is 27.9 Å². The number of pyridine rings is 1. The van der Waals surface area contributed by atoms with E-state index in [1.807, 2.05) is 12.3 Å². The van der Waals surface area contributed by atoms with Gasteiger partial charge in [-0.25, -0.2) is 0 Å². The van der Waals surface area contributed by atoms with E-state index in [1.165, 1.54) is 76.8 Å². The summed E-state index contributed by atoms with van der Waals surface area (Å²) >= 11 is 0. The van der Waals surface area contributed by atoms with E-state index in [0.29, 0.717) is 0 Å². The van der Waals surface area contributed by atoms with Crippen molar-refractivity contribution < 1.29 is 0 Å². The average Bonchev–Trinajstić information content (AvgIpc) is 3.53. The standard InChI is InChI=1S/C48H34N2Si/c1-51(2)44-22-8-5-18-39(44)48(38-17-4-7-21-43(38)50-42-20-6-3-14-36(42)37-16-10-19-40(48)47(37)50)41-30-34(27-28-45(41)51)31-23-25-32(26-24-31)35-15-9-12-33-13-11-29-49-46(33)35/h3-30H,1-2H3. The number of rotatable bonds is 2. The molecule has 0 fully saturated rings. The summed E-state index contributed by atoms with van der Waals surface area (Å²) < 4.78 is 2.53. The topological polar surface area (TPSA) is 17.8 Å². The largest absolute Gasteiger partial charge is 0.309 e. The van der Waals surface area contributed by atoms with Crippen molar-refractivity contribution in [2.24, 2.45) is 0 Å². The minimum atomic E-state index is -2.09. The number of aromatic nitrogens is 2. The molecule has 0 bridgehead atoms. The molecule has 9 aromatic rings. The molecule has 4 heterocycles. The third-order valence-corrected chi connectivity index (χ3v) is 15.5. The van der Waals surface area contributed by atoms with Gasteiger partial charge in [0.2, 0.25) is 0 Å². The van der Waals surface area contributed by atoms with Crippen LogP contribution in [0.5, 0.6) is 0 Å². The Morgan fingerprint density at radius 2 is 1.18 bits per heavy atom. The van der Waals surface area contributed by atoms with Gasteiger partial charge in [0.1, 0.15) is 8.07 Å². The maximum atomic E-state index is 4.73. The molecule has 1 spiro atoms. The Balaban J connectivity index is 1.21.